The van der Waals surface area contributed by atoms with Crippen molar-refractivity contribution in [3.05, 3.63) is 53.3 Å². The average Bonchev–Trinajstić information content (AvgIpc) is 3.10. The first-order valence-corrected chi connectivity index (χ1v) is 9.36. The third-order valence-electron chi connectivity index (χ3n) is 3.95. The molecule has 0 unspecified atom stereocenters. The molecule has 8 heteroatoms. The highest BCUT2D eigenvalue weighted by molar-refractivity contribution is 7.88. The standard InChI is InChI=1S/C16H20N4O3S/c1-12(2)16(21)18-20-15-10-19(9-14(15)8-17-20)24(22,23)11-13-6-4-3-5-7-13/h3-8,12H,9-11H2,1-2H3,(H,18,21). The first-order chi connectivity index (χ1) is 11.4. The molecule has 128 valence electrons. The molecule has 0 bridgehead atoms. The van der Waals surface area contributed by atoms with Crippen molar-refractivity contribution in [2.75, 3.05) is 5.43 Å². The van der Waals surface area contributed by atoms with E-state index in [4.69, 9.17) is 0 Å². The molecule has 24 heavy (non-hydrogen) atoms. The molecule has 0 atom stereocenters. The zero-order valence-corrected chi connectivity index (χ0v) is 14.5. The summed E-state index contributed by atoms with van der Waals surface area (Å²) < 4.78 is 26.7. The second kappa shape index (κ2) is 6.37. The van der Waals surface area contributed by atoms with Crippen LogP contribution in [0.4, 0.5) is 0 Å². The molecule has 0 saturated heterocycles. The van der Waals surface area contributed by atoms with Crippen LogP contribution in [0.25, 0.3) is 0 Å². The number of rotatable bonds is 5. The van der Waals surface area contributed by atoms with E-state index in [1.54, 1.807) is 32.2 Å². The molecule has 1 aliphatic rings. The fourth-order valence-corrected chi connectivity index (χ4v) is 3.97. The number of nitrogens with zero attached hydrogens (tertiary/aromatic N) is 3. The molecular formula is C16H20N4O3S. The number of benzene rings is 1. The number of hydrogen-bond donors (Lipinski definition) is 1. The summed E-state index contributed by atoms with van der Waals surface area (Å²) in [5.74, 6) is -0.375. The lowest BCUT2D eigenvalue weighted by atomic mass is 10.2. The van der Waals surface area contributed by atoms with E-state index in [0.29, 0.717) is 5.69 Å². The zero-order chi connectivity index (χ0) is 17.3. The van der Waals surface area contributed by atoms with Crippen molar-refractivity contribution >= 4 is 15.9 Å². The van der Waals surface area contributed by atoms with Crippen LogP contribution in [-0.2, 0) is 33.7 Å². The Hall–Kier alpha value is -2.19. The van der Waals surface area contributed by atoms with Gasteiger partial charge in [-0.2, -0.15) is 14.2 Å². The number of nitrogens with one attached hydrogen (secondary N) is 1. The zero-order valence-electron chi connectivity index (χ0n) is 13.6. The minimum Gasteiger partial charge on any atom is -0.273 e. The van der Waals surface area contributed by atoms with Gasteiger partial charge in [0.05, 0.1) is 24.2 Å². The SMILES string of the molecule is CC(C)C(=O)Nn1ncc2c1CN(S(=O)(=O)Cc1ccccc1)C2. The van der Waals surface area contributed by atoms with Gasteiger partial charge in [0.25, 0.3) is 0 Å². The Labute approximate surface area is 141 Å². The van der Waals surface area contributed by atoms with Gasteiger partial charge in [0.1, 0.15) is 0 Å². The second-order valence-electron chi connectivity index (χ2n) is 6.17. The van der Waals surface area contributed by atoms with Crippen LogP contribution in [0.1, 0.15) is 30.7 Å². The number of aromatic nitrogens is 2. The topological polar surface area (TPSA) is 84.3 Å². The molecule has 0 radical (unpaired) electrons. The van der Waals surface area contributed by atoms with Gasteiger partial charge in [0.2, 0.25) is 15.9 Å². The molecule has 1 aliphatic heterocycles. The fourth-order valence-electron chi connectivity index (χ4n) is 2.52. The van der Waals surface area contributed by atoms with Crippen LogP contribution in [0.3, 0.4) is 0 Å². The van der Waals surface area contributed by atoms with Gasteiger partial charge in [-0.3, -0.25) is 4.79 Å². The molecule has 1 aromatic carbocycles. The van der Waals surface area contributed by atoms with E-state index in [-0.39, 0.29) is 30.7 Å². The molecule has 7 nitrogen and oxygen atoms in total. The van der Waals surface area contributed by atoms with Gasteiger partial charge < -0.3 is 0 Å². The molecule has 1 amide bonds. The Bertz CT molecular complexity index is 843. The van der Waals surface area contributed by atoms with Crippen molar-refractivity contribution in [1.82, 2.24) is 14.2 Å². The molecule has 0 fully saturated rings. The highest BCUT2D eigenvalue weighted by Crippen LogP contribution is 2.26. The number of sulfonamides is 1. The van der Waals surface area contributed by atoms with Gasteiger partial charge in [0.15, 0.2) is 0 Å². The smallest absolute Gasteiger partial charge is 0.242 e. The Morgan fingerprint density at radius 3 is 2.62 bits per heavy atom. The van der Waals surface area contributed by atoms with Gasteiger partial charge in [-0.1, -0.05) is 44.2 Å². The highest BCUT2D eigenvalue weighted by Gasteiger charge is 2.32. The predicted octanol–water partition coefficient (Wildman–Crippen LogP) is 1.45. The maximum absolute atomic E-state index is 12.6. The molecule has 0 spiro atoms. The van der Waals surface area contributed by atoms with E-state index < -0.39 is 10.0 Å². The molecule has 3 rings (SSSR count). The van der Waals surface area contributed by atoms with Crippen molar-refractivity contribution in [1.29, 1.82) is 0 Å². The molecular weight excluding hydrogens is 328 g/mol. The summed E-state index contributed by atoms with van der Waals surface area (Å²) in [6.07, 6.45) is 1.61. The maximum atomic E-state index is 12.6. The van der Waals surface area contributed by atoms with Crippen molar-refractivity contribution in [2.45, 2.75) is 32.7 Å². The molecule has 1 N–H and O–H groups in total. The van der Waals surface area contributed by atoms with Gasteiger partial charge in [-0.15, -0.1) is 0 Å². The largest absolute Gasteiger partial charge is 0.273 e. The molecule has 2 heterocycles. The van der Waals surface area contributed by atoms with Crippen LogP contribution in [0.2, 0.25) is 0 Å². The van der Waals surface area contributed by atoms with Crippen molar-refractivity contribution in [3.63, 3.8) is 0 Å². The highest BCUT2D eigenvalue weighted by atomic mass is 32.2. The first-order valence-electron chi connectivity index (χ1n) is 7.75. The Morgan fingerprint density at radius 1 is 1.25 bits per heavy atom. The fraction of sp³-hybridized carbons (Fsp3) is 0.375. The molecule has 2 aromatic rings. The quantitative estimate of drug-likeness (QED) is 0.886. The molecule has 1 aromatic heterocycles. The van der Waals surface area contributed by atoms with Crippen LogP contribution in [0.5, 0.6) is 0 Å². The summed E-state index contributed by atoms with van der Waals surface area (Å²) in [5, 5.41) is 4.12. The summed E-state index contributed by atoms with van der Waals surface area (Å²) in [4.78, 5) is 13.2. The Balaban J connectivity index is 1.74. The number of carbonyl (C=O) groups is 1. The van der Waals surface area contributed by atoms with Gasteiger partial charge >= 0.3 is 0 Å². The summed E-state index contributed by atoms with van der Waals surface area (Å²) in [6.45, 7) is 4.07. The lowest BCUT2D eigenvalue weighted by Crippen LogP contribution is -2.31. The van der Waals surface area contributed by atoms with Crippen molar-refractivity contribution < 1.29 is 13.2 Å². The number of fused-ring (bicyclic) bond motifs is 1. The van der Waals surface area contributed by atoms with Gasteiger partial charge in [-0.05, 0) is 5.56 Å². The van der Waals surface area contributed by atoms with Crippen LogP contribution < -0.4 is 5.43 Å². The second-order valence-corrected chi connectivity index (χ2v) is 8.14. The van der Waals surface area contributed by atoms with Crippen molar-refractivity contribution in [2.24, 2.45) is 5.92 Å². The minimum atomic E-state index is -3.43. The average molecular weight is 348 g/mol. The third kappa shape index (κ3) is 3.34. The number of carbonyl (C=O) groups excluding carboxylic acids is 1. The lowest BCUT2D eigenvalue weighted by Gasteiger charge is -2.16. The van der Waals surface area contributed by atoms with E-state index in [2.05, 4.69) is 10.5 Å². The number of amides is 1. The van der Waals surface area contributed by atoms with Crippen LogP contribution in [0.15, 0.2) is 36.5 Å². The summed E-state index contributed by atoms with van der Waals surface area (Å²) in [7, 11) is -3.43. The van der Waals surface area contributed by atoms with E-state index in [1.807, 2.05) is 18.2 Å². The predicted molar refractivity (Wildman–Crippen MR) is 89.7 cm³/mol. The Morgan fingerprint density at radius 2 is 1.96 bits per heavy atom. The maximum Gasteiger partial charge on any atom is 0.242 e. The lowest BCUT2D eigenvalue weighted by molar-refractivity contribution is -0.120. The Kier molecular flexibility index (Phi) is 4.42. The van der Waals surface area contributed by atoms with E-state index in [0.717, 1.165) is 11.1 Å². The third-order valence-corrected chi connectivity index (χ3v) is 5.70. The molecule has 0 saturated carbocycles. The monoisotopic (exact) mass is 348 g/mol. The summed E-state index contributed by atoms with van der Waals surface area (Å²) >= 11 is 0. The van der Waals surface area contributed by atoms with E-state index in [1.165, 1.54) is 9.10 Å². The van der Waals surface area contributed by atoms with E-state index in [9.17, 15) is 13.2 Å². The summed E-state index contributed by atoms with van der Waals surface area (Å²) in [5.41, 5.74) is 4.97. The summed E-state index contributed by atoms with van der Waals surface area (Å²) in [6, 6.07) is 9.09. The van der Waals surface area contributed by atoms with Gasteiger partial charge in [-0.25, -0.2) is 13.8 Å². The number of hydrogen-bond acceptors (Lipinski definition) is 4. The van der Waals surface area contributed by atoms with E-state index >= 15 is 0 Å². The van der Waals surface area contributed by atoms with Crippen LogP contribution >= 0.6 is 0 Å². The molecule has 0 aliphatic carbocycles. The van der Waals surface area contributed by atoms with Crippen LogP contribution in [0, 0.1) is 5.92 Å². The minimum absolute atomic E-state index is 0.0378. The first kappa shape index (κ1) is 16.7. The van der Waals surface area contributed by atoms with Crippen LogP contribution in [-0.4, -0.2) is 28.5 Å². The van der Waals surface area contributed by atoms with Crippen molar-refractivity contribution in [3.8, 4) is 0 Å². The van der Waals surface area contributed by atoms with Gasteiger partial charge in [0, 0.05) is 18.0 Å². The normalized spacial score (nSPS) is 14.8.